The molecule has 99 valence electrons. The molecule has 0 saturated heterocycles. The Bertz CT molecular complexity index is 218. The third kappa shape index (κ3) is 9.40. The van der Waals surface area contributed by atoms with Crippen LogP contribution in [0.4, 0.5) is 0 Å². The largest absolute Gasteiger partial charge is 0.0890 e. The fourth-order valence-electron chi connectivity index (χ4n) is 2.03. The molecule has 17 heavy (non-hydrogen) atoms. The molecule has 0 nitrogen and oxygen atoms in total. The van der Waals surface area contributed by atoms with Crippen molar-refractivity contribution >= 4 is 8.80 Å². The van der Waals surface area contributed by atoms with Crippen molar-refractivity contribution < 1.29 is 0 Å². The third-order valence-corrected chi connectivity index (χ3v) is 6.60. The maximum absolute atomic E-state index is 2.29. The standard InChI is InChI=1S/C16H31Si/c1-6-9-10-11-12-17(13-15(4)7-2)14-16(5)8-3/h7-8H,6,9-14H2,1-5H3/b15-7+,16-8+. The van der Waals surface area contributed by atoms with E-state index in [1.165, 1.54) is 43.8 Å². The summed E-state index contributed by atoms with van der Waals surface area (Å²) in [6, 6.07) is 4.28. The van der Waals surface area contributed by atoms with Crippen LogP contribution in [-0.4, -0.2) is 8.80 Å². The summed E-state index contributed by atoms with van der Waals surface area (Å²) in [6.07, 6.45) is 10.2. The molecule has 0 amide bonds. The van der Waals surface area contributed by atoms with Gasteiger partial charge in [-0.1, -0.05) is 61.9 Å². The van der Waals surface area contributed by atoms with Gasteiger partial charge in [-0.15, -0.1) is 0 Å². The van der Waals surface area contributed by atoms with Gasteiger partial charge in [0.1, 0.15) is 0 Å². The maximum Gasteiger partial charge on any atom is 0.0564 e. The molecule has 0 atom stereocenters. The molecule has 0 aromatic heterocycles. The molecular weight excluding hydrogens is 220 g/mol. The Morgan fingerprint density at radius 3 is 1.82 bits per heavy atom. The lowest BCUT2D eigenvalue weighted by molar-refractivity contribution is 0.697. The fraction of sp³-hybridized carbons (Fsp3) is 0.750. The van der Waals surface area contributed by atoms with E-state index in [9.17, 15) is 0 Å². The lowest BCUT2D eigenvalue weighted by Crippen LogP contribution is -2.13. The molecule has 0 saturated carbocycles. The Morgan fingerprint density at radius 1 is 0.882 bits per heavy atom. The van der Waals surface area contributed by atoms with Gasteiger partial charge in [0.2, 0.25) is 0 Å². The molecule has 0 rings (SSSR count). The summed E-state index contributed by atoms with van der Waals surface area (Å²) in [7, 11) is -0.184. The molecule has 0 aromatic carbocycles. The van der Waals surface area contributed by atoms with Crippen molar-refractivity contribution in [3.8, 4) is 0 Å². The van der Waals surface area contributed by atoms with E-state index in [0.29, 0.717) is 0 Å². The van der Waals surface area contributed by atoms with Gasteiger partial charge in [0, 0.05) is 0 Å². The first kappa shape index (κ1) is 16.7. The molecule has 0 aliphatic rings. The zero-order chi connectivity index (χ0) is 13.1. The Labute approximate surface area is 111 Å². The first-order valence-corrected chi connectivity index (χ1v) is 9.33. The number of hydrogen-bond donors (Lipinski definition) is 0. The molecule has 0 unspecified atom stereocenters. The predicted octanol–water partition coefficient (Wildman–Crippen LogP) is 5.99. The van der Waals surface area contributed by atoms with Crippen molar-refractivity contribution in [2.24, 2.45) is 0 Å². The minimum Gasteiger partial charge on any atom is -0.0890 e. The molecule has 0 fully saturated rings. The van der Waals surface area contributed by atoms with Crippen LogP contribution in [0.1, 0.15) is 60.3 Å². The van der Waals surface area contributed by atoms with Gasteiger partial charge in [0.15, 0.2) is 0 Å². The summed E-state index contributed by atoms with van der Waals surface area (Å²) >= 11 is 0. The van der Waals surface area contributed by atoms with Crippen molar-refractivity contribution in [3.63, 3.8) is 0 Å². The summed E-state index contributed by atoms with van der Waals surface area (Å²) in [5, 5.41) is 0. The minimum absolute atomic E-state index is 0.184. The van der Waals surface area contributed by atoms with E-state index in [4.69, 9.17) is 0 Å². The van der Waals surface area contributed by atoms with Gasteiger partial charge < -0.3 is 0 Å². The van der Waals surface area contributed by atoms with Gasteiger partial charge >= 0.3 is 0 Å². The van der Waals surface area contributed by atoms with Gasteiger partial charge in [-0.3, -0.25) is 0 Å². The van der Waals surface area contributed by atoms with Crippen molar-refractivity contribution in [1.82, 2.24) is 0 Å². The molecule has 1 heteroatoms. The third-order valence-electron chi connectivity index (χ3n) is 3.43. The molecule has 0 aliphatic carbocycles. The molecule has 0 bridgehead atoms. The van der Waals surface area contributed by atoms with E-state index in [1.54, 1.807) is 11.1 Å². The van der Waals surface area contributed by atoms with E-state index in [0.717, 1.165) is 0 Å². The van der Waals surface area contributed by atoms with E-state index in [2.05, 4.69) is 46.8 Å². The lowest BCUT2D eigenvalue weighted by Gasteiger charge is -2.15. The molecule has 1 radical (unpaired) electrons. The van der Waals surface area contributed by atoms with Gasteiger partial charge in [0.05, 0.1) is 8.80 Å². The van der Waals surface area contributed by atoms with Crippen LogP contribution >= 0.6 is 0 Å². The molecule has 0 N–H and O–H groups in total. The summed E-state index contributed by atoms with van der Waals surface area (Å²) in [5.41, 5.74) is 3.19. The first-order chi connectivity index (χ1) is 8.13. The van der Waals surface area contributed by atoms with Crippen LogP contribution in [-0.2, 0) is 0 Å². The fourth-order valence-corrected chi connectivity index (χ4v) is 5.25. The van der Waals surface area contributed by atoms with Crippen LogP contribution < -0.4 is 0 Å². The van der Waals surface area contributed by atoms with E-state index >= 15 is 0 Å². The summed E-state index contributed by atoms with van der Waals surface area (Å²) < 4.78 is 0. The number of hydrogen-bond acceptors (Lipinski definition) is 0. The average molecular weight is 252 g/mol. The SMILES string of the molecule is C/C=C(\C)C[Si](CCCCCC)C/C(C)=C/C. The maximum atomic E-state index is 2.29. The highest BCUT2D eigenvalue weighted by Crippen LogP contribution is 2.20. The molecule has 0 aliphatic heterocycles. The van der Waals surface area contributed by atoms with Crippen molar-refractivity contribution in [2.45, 2.75) is 78.4 Å². The highest BCUT2D eigenvalue weighted by atomic mass is 28.3. The van der Waals surface area contributed by atoms with Crippen molar-refractivity contribution in [2.75, 3.05) is 0 Å². The van der Waals surface area contributed by atoms with Gasteiger partial charge in [-0.05, 0) is 39.8 Å². The second-order valence-corrected chi connectivity index (χ2v) is 7.89. The van der Waals surface area contributed by atoms with Gasteiger partial charge in [-0.25, -0.2) is 0 Å². The number of rotatable bonds is 9. The van der Waals surface area contributed by atoms with Crippen LogP contribution in [0.25, 0.3) is 0 Å². The number of allylic oxidation sites excluding steroid dienone is 4. The van der Waals surface area contributed by atoms with Crippen LogP contribution in [0, 0.1) is 0 Å². The summed E-state index contributed by atoms with van der Waals surface area (Å²) in [6.45, 7) is 11.2. The second-order valence-electron chi connectivity index (χ2n) is 5.18. The summed E-state index contributed by atoms with van der Waals surface area (Å²) in [5.74, 6) is 0. The van der Waals surface area contributed by atoms with E-state index < -0.39 is 0 Å². The Balaban J connectivity index is 4.11. The van der Waals surface area contributed by atoms with E-state index in [1.807, 2.05) is 0 Å². The van der Waals surface area contributed by atoms with Crippen LogP contribution in [0.15, 0.2) is 23.3 Å². The van der Waals surface area contributed by atoms with Crippen molar-refractivity contribution in [1.29, 1.82) is 0 Å². The first-order valence-electron chi connectivity index (χ1n) is 7.21. The lowest BCUT2D eigenvalue weighted by atomic mass is 10.2. The Kier molecular flexibility index (Phi) is 10.6. The topological polar surface area (TPSA) is 0 Å². The monoisotopic (exact) mass is 251 g/mol. The zero-order valence-corrected chi connectivity index (χ0v) is 13.6. The van der Waals surface area contributed by atoms with Crippen LogP contribution in [0.5, 0.6) is 0 Å². The Morgan fingerprint density at radius 2 is 1.41 bits per heavy atom. The normalized spacial score (nSPS) is 13.5. The highest BCUT2D eigenvalue weighted by Gasteiger charge is 2.11. The Hall–Kier alpha value is -0.303. The second kappa shape index (κ2) is 10.8. The molecule has 0 spiro atoms. The average Bonchev–Trinajstić information content (AvgIpc) is 2.33. The zero-order valence-electron chi connectivity index (χ0n) is 12.6. The van der Waals surface area contributed by atoms with Crippen molar-refractivity contribution in [3.05, 3.63) is 23.3 Å². The smallest absolute Gasteiger partial charge is 0.0564 e. The molecule has 0 aromatic rings. The van der Waals surface area contributed by atoms with E-state index in [-0.39, 0.29) is 8.80 Å². The van der Waals surface area contributed by atoms with Gasteiger partial charge in [0.25, 0.3) is 0 Å². The molecular formula is C16H31Si. The summed E-state index contributed by atoms with van der Waals surface area (Å²) in [4.78, 5) is 0. The highest BCUT2D eigenvalue weighted by molar-refractivity contribution is 6.60. The number of unbranched alkanes of at least 4 members (excludes halogenated alkanes) is 3. The molecule has 0 heterocycles. The van der Waals surface area contributed by atoms with Crippen LogP contribution in [0.3, 0.4) is 0 Å². The van der Waals surface area contributed by atoms with Crippen LogP contribution in [0.2, 0.25) is 18.1 Å². The predicted molar refractivity (Wildman–Crippen MR) is 83.2 cm³/mol. The minimum atomic E-state index is -0.184. The van der Waals surface area contributed by atoms with Gasteiger partial charge in [-0.2, -0.15) is 0 Å². The quantitative estimate of drug-likeness (QED) is 0.268.